The van der Waals surface area contributed by atoms with Gasteiger partial charge in [-0.1, -0.05) is 56.3 Å². The maximum Gasteiger partial charge on any atom is 0.476 e. The molecule has 0 saturated carbocycles. The number of fused-ring (bicyclic) bond motifs is 3. The van der Waals surface area contributed by atoms with Crippen molar-refractivity contribution in [3.05, 3.63) is 75.3 Å². The Morgan fingerprint density at radius 3 is 2.44 bits per heavy atom. The van der Waals surface area contributed by atoms with E-state index in [9.17, 15) is 25.0 Å². The minimum atomic E-state index is -1.73. The summed E-state index contributed by atoms with van der Waals surface area (Å²) < 4.78 is 0. The molecule has 2 aromatic carbocycles. The van der Waals surface area contributed by atoms with Gasteiger partial charge in [-0.05, 0) is 42.0 Å². The smallest absolute Gasteiger partial charge is 0.426 e. The van der Waals surface area contributed by atoms with E-state index in [1.165, 1.54) is 4.90 Å². The first-order chi connectivity index (χ1) is 15.2. The van der Waals surface area contributed by atoms with Gasteiger partial charge in [-0.2, -0.15) is 0 Å². The van der Waals surface area contributed by atoms with Crippen molar-refractivity contribution in [1.82, 2.24) is 5.32 Å². The maximum absolute atomic E-state index is 13.8. The van der Waals surface area contributed by atoms with Crippen LogP contribution < -0.4 is 10.2 Å². The zero-order valence-corrected chi connectivity index (χ0v) is 18.4. The molecule has 0 spiro atoms. The highest BCUT2D eigenvalue weighted by molar-refractivity contribution is 6.45. The lowest BCUT2D eigenvalue weighted by atomic mass is 9.71. The number of benzene rings is 2. The first-order valence-electron chi connectivity index (χ1n) is 10.9. The molecule has 2 aliphatic rings. The van der Waals surface area contributed by atoms with E-state index in [4.69, 9.17) is 0 Å². The van der Waals surface area contributed by atoms with Crippen molar-refractivity contribution in [2.45, 2.75) is 57.2 Å². The van der Waals surface area contributed by atoms with Crippen LogP contribution in [0.3, 0.4) is 0 Å². The second-order valence-corrected chi connectivity index (χ2v) is 9.22. The van der Waals surface area contributed by atoms with Crippen LogP contribution in [0.15, 0.2) is 48.5 Å². The Balaban J connectivity index is 1.87. The number of anilines is 1. The largest absolute Gasteiger partial charge is 0.476 e. The molecule has 0 bridgehead atoms. The lowest BCUT2D eigenvalue weighted by Gasteiger charge is -2.41. The number of aryl methyl sites for hydroxylation is 1. The van der Waals surface area contributed by atoms with Gasteiger partial charge in [-0.15, -0.1) is 0 Å². The average molecular weight is 437 g/mol. The molecule has 2 heterocycles. The molecule has 9 heteroatoms. The van der Waals surface area contributed by atoms with Gasteiger partial charge in [0.25, 0.3) is 0 Å². The Morgan fingerprint density at radius 1 is 1.16 bits per heavy atom. The molecule has 1 saturated heterocycles. The topological polar surface area (TPSA) is 116 Å². The SMILES string of the molecule is Cc1ccc2c(c1)N([C@@H](CC(C)C)B(O)O)C(=O)[C@@H]1N[C@H](c3ccccc3)[C@@H]([N+](=O)[O-])[C@H]21. The standard InChI is InChI=1S/C23H28BN3O5/c1-13(2)11-18(24(29)30)26-17-12-14(3)9-10-16(17)19-21(23(26)28)25-20(22(19)27(31)32)15-7-5-4-6-8-15/h4-10,12-13,18-22,25,29-30H,11H2,1-3H3/t18-,19+,20+,21+,22-/m0/s1. The van der Waals surface area contributed by atoms with E-state index in [1.54, 1.807) is 0 Å². The van der Waals surface area contributed by atoms with E-state index in [1.807, 2.05) is 69.3 Å². The number of nitrogens with zero attached hydrogens (tertiary/aromatic N) is 2. The van der Waals surface area contributed by atoms with E-state index >= 15 is 0 Å². The van der Waals surface area contributed by atoms with Crippen LogP contribution in [0.1, 0.15) is 48.9 Å². The first kappa shape index (κ1) is 22.4. The van der Waals surface area contributed by atoms with E-state index in [2.05, 4.69) is 5.32 Å². The zero-order valence-electron chi connectivity index (χ0n) is 18.4. The maximum atomic E-state index is 13.8. The number of amides is 1. The van der Waals surface area contributed by atoms with Gasteiger partial charge in [-0.3, -0.25) is 20.2 Å². The Morgan fingerprint density at radius 2 is 1.84 bits per heavy atom. The van der Waals surface area contributed by atoms with Crippen LogP contribution in [0.2, 0.25) is 0 Å². The number of carbonyl (C=O) groups excluding carboxylic acids is 1. The van der Waals surface area contributed by atoms with Crippen molar-refractivity contribution in [2.75, 3.05) is 4.90 Å². The van der Waals surface area contributed by atoms with E-state index < -0.39 is 37.1 Å². The molecule has 5 atom stereocenters. The zero-order chi connectivity index (χ0) is 23.2. The monoisotopic (exact) mass is 437 g/mol. The summed E-state index contributed by atoms with van der Waals surface area (Å²) in [6.45, 7) is 5.78. The minimum absolute atomic E-state index is 0.112. The number of nitrogens with one attached hydrogen (secondary N) is 1. The van der Waals surface area contributed by atoms with Crippen molar-refractivity contribution in [3.63, 3.8) is 0 Å². The fraction of sp³-hybridized carbons (Fsp3) is 0.435. The average Bonchev–Trinajstić information content (AvgIpc) is 3.14. The van der Waals surface area contributed by atoms with Crippen molar-refractivity contribution in [2.24, 2.45) is 5.92 Å². The second kappa shape index (κ2) is 8.65. The van der Waals surface area contributed by atoms with Gasteiger partial charge < -0.3 is 14.9 Å². The summed E-state index contributed by atoms with van der Waals surface area (Å²) in [6.07, 6.45) is 0.384. The summed E-state index contributed by atoms with van der Waals surface area (Å²) in [5.74, 6) is -1.77. The Kier molecular flexibility index (Phi) is 6.07. The third-order valence-corrected chi connectivity index (χ3v) is 6.53. The van der Waals surface area contributed by atoms with Crippen molar-refractivity contribution >= 4 is 18.7 Å². The van der Waals surface area contributed by atoms with Crippen molar-refractivity contribution in [3.8, 4) is 0 Å². The number of hydrogen-bond donors (Lipinski definition) is 3. The molecule has 4 rings (SSSR count). The fourth-order valence-corrected chi connectivity index (χ4v) is 5.19. The summed E-state index contributed by atoms with van der Waals surface area (Å²) >= 11 is 0. The summed E-state index contributed by atoms with van der Waals surface area (Å²) in [7, 11) is -1.73. The van der Waals surface area contributed by atoms with Gasteiger partial charge in [0, 0.05) is 10.6 Å². The van der Waals surface area contributed by atoms with Gasteiger partial charge >= 0.3 is 7.12 Å². The highest BCUT2D eigenvalue weighted by Crippen LogP contribution is 2.48. The molecule has 0 unspecified atom stereocenters. The number of carbonyl (C=O) groups is 1. The summed E-state index contributed by atoms with van der Waals surface area (Å²) in [6, 6.07) is 12.2. The molecular weight excluding hydrogens is 409 g/mol. The van der Waals surface area contributed by atoms with Gasteiger partial charge in [-0.25, -0.2) is 0 Å². The van der Waals surface area contributed by atoms with E-state index in [0.717, 1.165) is 11.1 Å². The molecule has 2 aromatic rings. The molecule has 168 valence electrons. The summed E-state index contributed by atoms with van der Waals surface area (Å²) in [4.78, 5) is 27.2. The minimum Gasteiger partial charge on any atom is -0.426 e. The Bertz CT molecular complexity index is 1020. The van der Waals surface area contributed by atoms with Crippen LogP contribution in [0, 0.1) is 23.0 Å². The molecule has 1 fully saturated rings. The number of hydrogen-bond acceptors (Lipinski definition) is 6. The van der Waals surface area contributed by atoms with Crippen LogP contribution in [0.25, 0.3) is 0 Å². The van der Waals surface area contributed by atoms with Crippen LogP contribution in [0.5, 0.6) is 0 Å². The van der Waals surface area contributed by atoms with Crippen molar-refractivity contribution in [1.29, 1.82) is 0 Å². The summed E-state index contributed by atoms with van der Waals surface area (Å²) in [5, 5.41) is 35.8. The Labute approximate surface area is 187 Å². The van der Waals surface area contributed by atoms with Gasteiger partial charge in [0.2, 0.25) is 11.9 Å². The molecule has 32 heavy (non-hydrogen) atoms. The van der Waals surface area contributed by atoms with E-state index in [0.29, 0.717) is 17.7 Å². The number of rotatable bonds is 6. The molecule has 8 nitrogen and oxygen atoms in total. The van der Waals surface area contributed by atoms with Gasteiger partial charge in [0.05, 0.1) is 11.9 Å². The van der Waals surface area contributed by atoms with Crippen molar-refractivity contribution < 1.29 is 19.8 Å². The molecule has 2 aliphatic heterocycles. The lowest BCUT2D eigenvalue weighted by molar-refractivity contribution is -0.527. The predicted molar refractivity (Wildman–Crippen MR) is 122 cm³/mol. The summed E-state index contributed by atoms with van der Waals surface area (Å²) in [5.41, 5.74) is 2.84. The van der Waals surface area contributed by atoms with Gasteiger partial charge in [0.1, 0.15) is 12.1 Å². The lowest BCUT2D eigenvalue weighted by Crippen LogP contribution is -2.59. The molecule has 1 amide bonds. The Hall–Kier alpha value is -2.75. The highest BCUT2D eigenvalue weighted by Gasteiger charge is 2.59. The first-order valence-corrected chi connectivity index (χ1v) is 10.9. The van der Waals surface area contributed by atoms with E-state index in [-0.39, 0.29) is 16.7 Å². The third-order valence-electron chi connectivity index (χ3n) is 6.53. The highest BCUT2D eigenvalue weighted by atomic mass is 16.6. The predicted octanol–water partition coefficient (Wildman–Crippen LogP) is 2.21. The molecule has 0 aliphatic carbocycles. The molecule has 3 N–H and O–H groups in total. The normalized spacial score (nSPS) is 25.4. The third kappa shape index (κ3) is 3.81. The van der Waals surface area contributed by atoms with Crippen LogP contribution in [0.4, 0.5) is 5.69 Å². The fourth-order valence-electron chi connectivity index (χ4n) is 5.19. The van der Waals surface area contributed by atoms with Crippen LogP contribution in [-0.4, -0.2) is 46.0 Å². The second-order valence-electron chi connectivity index (χ2n) is 9.22. The molecular formula is C23H28BN3O5. The quantitative estimate of drug-likeness (QED) is 0.363. The molecule has 0 aromatic heterocycles. The van der Waals surface area contributed by atoms with Crippen LogP contribution in [-0.2, 0) is 4.79 Å². The van der Waals surface area contributed by atoms with Crippen LogP contribution >= 0.6 is 0 Å². The number of nitro groups is 1. The van der Waals surface area contributed by atoms with Gasteiger partial charge in [0.15, 0.2) is 0 Å². The molecule has 0 radical (unpaired) electrons.